The zero-order valence-corrected chi connectivity index (χ0v) is 12.0. The van der Waals surface area contributed by atoms with Gasteiger partial charge in [-0.1, -0.05) is 30.3 Å². The van der Waals surface area contributed by atoms with Crippen molar-refractivity contribution >= 4 is 0 Å². The molecule has 6 nitrogen and oxygen atoms in total. The Morgan fingerprint density at radius 2 is 1.91 bits per heavy atom. The lowest BCUT2D eigenvalue weighted by atomic mass is 10.1. The van der Waals surface area contributed by atoms with Crippen LogP contribution in [0.3, 0.4) is 0 Å². The number of methoxy groups -OCH3 is 1. The Morgan fingerprint density at radius 3 is 2.73 bits per heavy atom. The summed E-state index contributed by atoms with van der Waals surface area (Å²) in [5, 5.41) is 21.0. The van der Waals surface area contributed by atoms with Crippen LogP contribution in [0.15, 0.2) is 48.5 Å². The fourth-order valence-electron chi connectivity index (χ4n) is 2.26. The van der Waals surface area contributed by atoms with E-state index < -0.39 is 0 Å². The van der Waals surface area contributed by atoms with Gasteiger partial charge in [0, 0.05) is 0 Å². The van der Waals surface area contributed by atoms with Gasteiger partial charge in [0.05, 0.1) is 30.9 Å². The van der Waals surface area contributed by atoms with Crippen LogP contribution in [0.1, 0.15) is 11.1 Å². The Bertz CT molecular complexity index is 834. The van der Waals surface area contributed by atoms with Gasteiger partial charge in [0.2, 0.25) is 0 Å². The maximum absolute atomic E-state index is 9.18. The number of hydrogen-bond donors (Lipinski definition) is 0. The molecule has 0 fully saturated rings. The Kier molecular flexibility index (Phi) is 3.79. The fourth-order valence-corrected chi connectivity index (χ4v) is 2.26. The molecule has 0 radical (unpaired) electrons. The van der Waals surface area contributed by atoms with Gasteiger partial charge in [0.25, 0.3) is 0 Å². The summed E-state index contributed by atoms with van der Waals surface area (Å²) >= 11 is 0. The van der Waals surface area contributed by atoms with Crippen molar-refractivity contribution in [3.8, 4) is 23.2 Å². The first kappa shape index (κ1) is 13.8. The van der Waals surface area contributed by atoms with E-state index in [1.165, 1.54) is 0 Å². The van der Waals surface area contributed by atoms with Crippen molar-refractivity contribution in [3.05, 3.63) is 59.7 Å². The maximum atomic E-state index is 9.18. The second kappa shape index (κ2) is 6.06. The molecule has 0 saturated carbocycles. The normalized spacial score (nSPS) is 10.2. The van der Waals surface area contributed by atoms with Crippen molar-refractivity contribution in [2.45, 2.75) is 6.54 Å². The lowest BCUT2D eigenvalue weighted by Gasteiger charge is -2.09. The minimum Gasteiger partial charge on any atom is -0.496 e. The summed E-state index contributed by atoms with van der Waals surface area (Å²) in [6, 6.07) is 17.1. The van der Waals surface area contributed by atoms with Gasteiger partial charge in [0.1, 0.15) is 5.75 Å². The van der Waals surface area contributed by atoms with Crippen LogP contribution in [-0.4, -0.2) is 27.3 Å². The summed E-state index contributed by atoms with van der Waals surface area (Å²) in [6.07, 6.45) is 0. The Balaban J connectivity index is 2.01. The lowest BCUT2D eigenvalue weighted by Crippen LogP contribution is -2.06. The molecule has 0 aliphatic heterocycles. The summed E-state index contributed by atoms with van der Waals surface area (Å²) in [6.45, 7) is 0.421. The summed E-state index contributed by atoms with van der Waals surface area (Å²) < 4.78 is 7.02. The first-order chi connectivity index (χ1) is 10.8. The molecule has 0 atom stereocenters. The van der Waals surface area contributed by atoms with Crippen molar-refractivity contribution in [2.24, 2.45) is 0 Å². The predicted molar refractivity (Wildman–Crippen MR) is 80.1 cm³/mol. The van der Waals surface area contributed by atoms with Gasteiger partial charge >= 0.3 is 0 Å². The molecule has 0 aliphatic rings. The maximum Gasteiger partial charge on any atom is 0.186 e. The van der Waals surface area contributed by atoms with Crippen LogP contribution in [0.25, 0.3) is 11.4 Å². The molecule has 0 unspecified atom stereocenters. The quantitative estimate of drug-likeness (QED) is 0.737. The molecule has 2 aromatic carbocycles. The highest BCUT2D eigenvalue weighted by Crippen LogP contribution is 2.27. The first-order valence-electron chi connectivity index (χ1n) is 6.71. The van der Waals surface area contributed by atoms with Gasteiger partial charge < -0.3 is 4.74 Å². The van der Waals surface area contributed by atoms with Gasteiger partial charge in [-0.2, -0.15) is 5.26 Å². The molecule has 6 heteroatoms. The third kappa shape index (κ3) is 2.52. The highest BCUT2D eigenvalue weighted by molar-refractivity contribution is 5.63. The monoisotopic (exact) mass is 291 g/mol. The topological polar surface area (TPSA) is 76.6 Å². The van der Waals surface area contributed by atoms with Crippen molar-refractivity contribution in [1.29, 1.82) is 5.26 Å². The van der Waals surface area contributed by atoms with Gasteiger partial charge in [-0.3, -0.25) is 0 Å². The molecule has 3 rings (SSSR count). The van der Waals surface area contributed by atoms with E-state index >= 15 is 0 Å². The molecule has 0 aliphatic carbocycles. The zero-order chi connectivity index (χ0) is 15.4. The highest BCUT2D eigenvalue weighted by Gasteiger charge is 2.14. The van der Waals surface area contributed by atoms with Crippen LogP contribution < -0.4 is 4.74 Å². The van der Waals surface area contributed by atoms with Gasteiger partial charge in [-0.25, -0.2) is 4.68 Å². The molecule has 0 N–H and O–H groups in total. The molecule has 1 heterocycles. The average Bonchev–Trinajstić information content (AvgIpc) is 3.03. The van der Waals surface area contributed by atoms with Gasteiger partial charge in [0.15, 0.2) is 5.82 Å². The minimum atomic E-state index is 0.421. The lowest BCUT2D eigenvalue weighted by molar-refractivity contribution is 0.416. The van der Waals surface area contributed by atoms with E-state index in [4.69, 9.17) is 4.74 Å². The van der Waals surface area contributed by atoms with E-state index in [1.54, 1.807) is 17.9 Å². The minimum absolute atomic E-state index is 0.421. The summed E-state index contributed by atoms with van der Waals surface area (Å²) in [5.74, 6) is 1.30. The number of ether oxygens (including phenoxy) is 1. The van der Waals surface area contributed by atoms with E-state index in [0.29, 0.717) is 23.7 Å². The summed E-state index contributed by atoms with van der Waals surface area (Å²) in [7, 11) is 1.61. The molecule has 0 saturated heterocycles. The number of nitrogens with zero attached hydrogens (tertiary/aromatic N) is 5. The molecular formula is C16H13N5O. The molecule has 3 aromatic rings. The van der Waals surface area contributed by atoms with E-state index in [-0.39, 0.29) is 0 Å². The summed E-state index contributed by atoms with van der Waals surface area (Å²) in [5.41, 5.74) is 2.29. The number of benzene rings is 2. The number of para-hydroxylation sites is 1. The molecule has 108 valence electrons. The second-order valence-electron chi connectivity index (χ2n) is 4.63. The predicted octanol–water partition coefficient (Wildman–Crippen LogP) is 2.27. The number of tetrazole rings is 1. The van der Waals surface area contributed by atoms with Crippen LogP contribution in [-0.2, 0) is 6.54 Å². The SMILES string of the molecule is COc1ccccc1-c1nnnn1Cc1ccccc1C#N. The first-order valence-corrected chi connectivity index (χ1v) is 6.71. The molecule has 0 spiro atoms. The Morgan fingerprint density at radius 1 is 1.14 bits per heavy atom. The van der Waals surface area contributed by atoms with Crippen molar-refractivity contribution in [1.82, 2.24) is 20.2 Å². The van der Waals surface area contributed by atoms with E-state index in [0.717, 1.165) is 11.1 Å². The molecule has 1 aromatic heterocycles. The van der Waals surface area contributed by atoms with E-state index in [1.807, 2.05) is 42.5 Å². The molecule has 22 heavy (non-hydrogen) atoms. The number of hydrogen-bond acceptors (Lipinski definition) is 5. The third-order valence-electron chi connectivity index (χ3n) is 3.34. The average molecular weight is 291 g/mol. The van der Waals surface area contributed by atoms with Crippen LogP contribution in [0.2, 0.25) is 0 Å². The van der Waals surface area contributed by atoms with Crippen LogP contribution in [0.5, 0.6) is 5.75 Å². The Labute approximate surface area is 127 Å². The molecule has 0 amide bonds. The molecule has 0 bridgehead atoms. The van der Waals surface area contributed by atoms with Gasteiger partial charge in [-0.15, -0.1) is 5.10 Å². The number of aromatic nitrogens is 4. The van der Waals surface area contributed by atoms with Crippen LogP contribution >= 0.6 is 0 Å². The van der Waals surface area contributed by atoms with Crippen LogP contribution in [0, 0.1) is 11.3 Å². The third-order valence-corrected chi connectivity index (χ3v) is 3.34. The number of nitriles is 1. The second-order valence-corrected chi connectivity index (χ2v) is 4.63. The molecular weight excluding hydrogens is 278 g/mol. The van der Waals surface area contributed by atoms with Crippen molar-refractivity contribution in [3.63, 3.8) is 0 Å². The van der Waals surface area contributed by atoms with Crippen molar-refractivity contribution < 1.29 is 4.74 Å². The van der Waals surface area contributed by atoms with E-state index in [9.17, 15) is 5.26 Å². The van der Waals surface area contributed by atoms with Crippen LogP contribution in [0.4, 0.5) is 0 Å². The summed E-state index contributed by atoms with van der Waals surface area (Å²) in [4.78, 5) is 0. The van der Waals surface area contributed by atoms with Crippen molar-refractivity contribution in [2.75, 3.05) is 7.11 Å². The standard InChI is InChI=1S/C16H13N5O/c1-22-15-9-5-4-8-14(15)16-18-19-20-21(16)11-13-7-3-2-6-12(13)10-17/h2-9H,11H2,1H3. The highest BCUT2D eigenvalue weighted by atomic mass is 16.5. The largest absolute Gasteiger partial charge is 0.496 e. The number of rotatable bonds is 4. The smallest absolute Gasteiger partial charge is 0.186 e. The fraction of sp³-hybridized carbons (Fsp3) is 0.125. The van der Waals surface area contributed by atoms with Gasteiger partial charge in [-0.05, 0) is 34.2 Å². The van der Waals surface area contributed by atoms with E-state index in [2.05, 4.69) is 21.6 Å². The zero-order valence-electron chi connectivity index (χ0n) is 12.0. The Hall–Kier alpha value is -3.20.